The number of carbonyl (C=O) groups is 1. The highest BCUT2D eigenvalue weighted by molar-refractivity contribution is 5.70. The highest BCUT2D eigenvalue weighted by Crippen LogP contribution is 2.31. The second-order valence-corrected chi connectivity index (χ2v) is 4.80. The molecular formula is C12H18O5. The lowest BCUT2D eigenvalue weighted by Gasteiger charge is -2.16. The Bertz CT molecular complexity index is 323. The third-order valence-electron chi connectivity index (χ3n) is 2.79. The van der Waals surface area contributed by atoms with Gasteiger partial charge in [0.1, 0.15) is 12.2 Å². The number of hydrogen-bond acceptors (Lipinski definition) is 5. The van der Waals surface area contributed by atoms with Crippen LogP contribution in [0.25, 0.3) is 0 Å². The fourth-order valence-electron chi connectivity index (χ4n) is 2.03. The van der Waals surface area contributed by atoms with Crippen LogP contribution in [0, 0.1) is 0 Å². The van der Waals surface area contributed by atoms with Crippen molar-refractivity contribution in [3.8, 4) is 0 Å². The van der Waals surface area contributed by atoms with Gasteiger partial charge in [-0.1, -0.05) is 12.2 Å². The van der Waals surface area contributed by atoms with Crippen molar-refractivity contribution in [2.75, 3.05) is 6.61 Å². The largest absolute Gasteiger partial charge is 0.465 e. The molecule has 2 rings (SSSR count). The molecule has 1 N–H and O–H groups in total. The normalized spacial score (nSPS) is 39.2. The smallest absolute Gasteiger partial charge is 0.308 e. The zero-order valence-electron chi connectivity index (χ0n) is 10.1. The van der Waals surface area contributed by atoms with Crippen LogP contribution < -0.4 is 0 Å². The molecule has 0 bridgehead atoms. The van der Waals surface area contributed by atoms with Gasteiger partial charge in [0.15, 0.2) is 5.79 Å². The van der Waals surface area contributed by atoms with Gasteiger partial charge in [-0.05, 0) is 13.8 Å². The number of carbonyl (C=O) groups excluding carboxylic acids is 1. The Kier molecular flexibility index (Phi) is 3.51. The zero-order valence-corrected chi connectivity index (χ0v) is 10.1. The number of hydrogen-bond donors (Lipinski definition) is 1. The second-order valence-electron chi connectivity index (χ2n) is 4.80. The Hall–Kier alpha value is -0.910. The number of aliphatic hydroxyl groups is 1. The van der Waals surface area contributed by atoms with Gasteiger partial charge in [-0.2, -0.15) is 0 Å². The van der Waals surface area contributed by atoms with Crippen LogP contribution in [0.15, 0.2) is 12.2 Å². The van der Waals surface area contributed by atoms with E-state index in [9.17, 15) is 9.90 Å². The molecule has 2 aliphatic rings. The number of ether oxygens (including phenoxy) is 3. The van der Waals surface area contributed by atoms with Crippen molar-refractivity contribution in [3.63, 3.8) is 0 Å². The van der Waals surface area contributed by atoms with Crippen molar-refractivity contribution in [1.82, 2.24) is 0 Å². The summed E-state index contributed by atoms with van der Waals surface area (Å²) >= 11 is 0. The summed E-state index contributed by atoms with van der Waals surface area (Å²) in [7, 11) is 0. The van der Waals surface area contributed by atoms with E-state index in [1.54, 1.807) is 26.0 Å². The molecule has 96 valence electrons. The number of cyclic esters (lactones) is 1. The minimum Gasteiger partial charge on any atom is -0.465 e. The Morgan fingerprint density at radius 1 is 1.35 bits per heavy atom. The lowest BCUT2D eigenvalue weighted by molar-refractivity contribution is -0.155. The summed E-state index contributed by atoms with van der Waals surface area (Å²) in [5, 5.41) is 9.59. The molecule has 0 unspecified atom stereocenters. The van der Waals surface area contributed by atoms with E-state index in [0.717, 1.165) is 0 Å². The summed E-state index contributed by atoms with van der Waals surface area (Å²) < 4.78 is 16.3. The molecule has 17 heavy (non-hydrogen) atoms. The monoisotopic (exact) mass is 242 g/mol. The molecular weight excluding hydrogens is 224 g/mol. The van der Waals surface area contributed by atoms with Gasteiger partial charge < -0.3 is 19.3 Å². The maximum atomic E-state index is 11.5. The van der Waals surface area contributed by atoms with Gasteiger partial charge in [0, 0.05) is 6.42 Å². The van der Waals surface area contributed by atoms with Crippen LogP contribution in [0.2, 0.25) is 0 Å². The second kappa shape index (κ2) is 4.76. The van der Waals surface area contributed by atoms with Gasteiger partial charge in [0.25, 0.3) is 0 Å². The average Bonchev–Trinajstić information content (AvgIpc) is 2.49. The summed E-state index contributed by atoms with van der Waals surface area (Å²) in [6.45, 7) is 3.83. The predicted molar refractivity (Wildman–Crippen MR) is 59.2 cm³/mol. The summed E-state index contributed by atoms with van der Waals surface area (Å²) in [5.74, 6) is -1.03. The highest BCUT2D eigenvalue weighted by atomic mass is 16.8. The Morgan fingerprint density at radius 2 is 2.12 bits per heavy atom. The van der Waals surface area contributed by atoms with E-state index in [0.29, 0.717) is 6.42 Å². The van der Waals surface area contributed by atoms with Crippen LogP contribution in [0.5, 0.6) is 0 Å². The van der Waals surface area contributed by atoms with Crippen LogP contribution in [0.3, 0.4) is 0 Å². The summed E-state index contributed by atoms with van der Waals surface area (Å²) in [6, 6.07) is 0. The van der Waals surface area contributed by atoms with E-state index < -0.39 is 11.9 Å². The Morgan fingerprint density at radius 3 is 2.88 bits per heavy atom. The molecule has 5 nitrogen and oxygen atoms in total. The summed E-state index contributed by atoms with van der Waals surface area (Å²) in [6.07, 6.45) is 2.74. The van der Waals surface area contributed by atoms with Crippen LogP contribution in [0.1, 0.15) is 26.7 Å². The van der Waals surface area contributed by atoms with Crippen LogP contribution >= 0.6 is 0 Å². The first kappa shape index (κ1) is 12.5. The first-order valence-electron chi connectivity index (χ1n) is 5.84. The molecule has 0 radical (unpaired) electrons. The lowest BCUT2D eigenvalue weighted by Crippen LogP contribution is -2.27. The van der Waals surface area contributed by atoms with E-state index in [2.05, 4.69) is 0 Å². The minimum atomic E-state index is -0.709. The zero-order chi connectivity index (χ0) is 12.5. The average molecular weight is 242 g/mol. The minimum absolute atomic E-state index is 0.175. The summed E-state index contributed by atoms with van der Waals surface area (Å²) in [5.41, 5.74) is 0. The number of fused-ring (bicyclic) bond motifs is 1. The van der Waals surface area contributed by atoms with Crippen molar-refractivity contribution in [2.24, 2.45) is 0 Å². The number of esters is 1. The molecule has 0 aromatic heterocycles. The first-order chi connectivity index (χ1) is 7.96. The van der Waals surface area contributed by atoms with Crippen molar-refractivity contribution in [3.05, 3.63) is 12.2 Å². The molecule has 1 fully saturated rings. The third kappa shape index (κ3) is 3.28. The summed E-state index contributed by atoms with van der Waals surface area (Å²) in [4.78, 5) is 11.5. The number of rotatable bonds is 0. The molecule has 0 saturated carbocycles. The molecule has 0 amide bonds. The van der Waals surface area contributed by atoms with Crippen molar-refractivity contribution < 1.29 is 24.1 Å². The van der Waals surface area contributed by atoms with Gasteiger partial charge in [0.05, 0.1) is 19.1 Å². The molecule has 0 spiro atoms. The molecule has 2 aliphatic heterocycles. The van der Waals surface area contributed by atoms with E-state index in [-0.39, 0.29) is 31.2 Å². The fraction of sp³-hybridized carbons (Fsp3) is 0.750. The van der Waals surface area contributed by atoms with Crippen molar-refractivity contribution in [2.45, 2.75) is 50.8 Å². The third-order valence-corrected chi connectivity index (χ3v) is 2.79. The van der Waals surface area contributed by atoms with Gasteiger partial charge in [-0.25, -0.2) is 0 Å². The van der Waals surface area contributed by atoms with Crippen LogP contribution in [0.4, 0.5) is 0 Å². The topological polar surface area (TPSA) is 65.0 Å². The highest BCUT2D eigenvalue weighted by Gasteiger charge is 2.41. The van der Waals surface area contributed by atoms with E-state index in [4.69, 9.17) is 14.2 Å². The standard InChI is InChI=1S/C12H18O5/c1-12(2)16-9-4-3-8(13)5-6-15-11(14)7-10(9)17-12/h3-4,8-10,13H,5-7H2,1-2H3/b4-3+/t8-,9-,10-/m0/s1. The Labute approximate surface area is 100 Å². The van der Waals surface area contributed by atoms with E-state index in [1.807, 2.05) is 0 Å². The lowest BCUT2D eigenvalue weighted by atomic mass is 10.1. The molecule has 0 aliphatic carbocycles. The molecule has 1 saturated heterocycles. The maximum absolute atomic E-state index is 11.5. The van der Waals surface area contributed by atoms with E-state index >= 15 is 0 Å². The van der Waals surface area contributed by atoms with E-state index in [1.165, 1.54) is 0 Å². The van der Waals surface area contributed by atoms with Gasteiger partial charge in [-0.3, -0.25) is 4.79 Å². The number of aliphatic hydroxyl groups excluding tert-OH is 1. The quantitative estimate of drug-likeness (QED) is 0.502. The first-order valence-corrected chi connectivity index (χ1v) is 5.84. The molecule has 3 atom stereocenters. The Balaban J connectivity index is 2.13. The SMILES string of the molecule is CC1(C)O[C@H]2/C=C/[C@H](O)CCOC(=O)C[C@@H]2O1. The van der Waals surface area contributed by atoms with Gasteiger partial charge >= 0.3 is 5.97 Å². The molecule has 0 aromatic carbocycles. The maximum Gasteiger partial charge on any atom is 0.308 e. The molecule has 5 heteroatoms. The van der Waals surface area contributed by atoms with Crippen molar-refractivity contribution >= 4 is 5.97 Å². The molecule has 2 heterocycles. The predicted octanol–water partition coefficient (Wildman–Crippen LogP) is 0.761. The van der Waals surface area contributed by atoms with Crippen LogP contribution in [-0.4, -0.2) is 41.8 Å². The van der Waals surface area contributed by atoms with Crippen molar-refractivity contribution in [1.29, 1.82) is 0 Å². The van der Waals surface area contributed by atoms with Gasteiger partial charge in [0.2, 0.25) is 0 Å². The van der Waals surface area contributed by atoms with Crippen LogP contribution in [-0.2, 0) is 19.0 Å². The fourth-order valence-corrected chi connectivity index (χ4v) is 2.03. The van der Waals surface area contributed by atoms with Gasteiger partial charge in [-0.15, -0.1) is 0 Å². The molecule has 0 aromatic rings.